The molecule has 0 aromatic carbocycles. The monoisotopic (exact) mass is 400 g/mol. The number of fused-ring (bicyclic) bond motifs is 1. The van der Waals surface area contributed by atoms with Crippen molar-refractivity contribution in [3.8, 4) is 0 Å². The summed E-state index contributed by atoms with van der Waals surface area (Å²) in [5.41, 5.74) is -0.0440. The van der Waals surface area contributed by atoms with Crippen molar-refractivity contribution in [2.45, 2.75) is 32.4 Å². The van der Waals surface area contributed by atoms with Crippen LogP contribution in [-0.4, -0.2) is 73.2 Å². The molecule has 3 N–H and O–H groups in total. The highest BCUT2D eigenvalue weighted by atomic mass is 32.2. The molecular formula is C17H24N2O5S2. The molecule has 1 saturated heterocycles. The number of aliphatic hydroxyl groups is 2. The third kappa shape index (κ3) is 3.66. The van der Waals surface area contributed by atoms with E-state index in [2.05, 4.69) is 6.58 Å². The molecule has 26 heavy (non-hydrogen) atoms. The fourth-order valence-corrected chi connectivity index (χ4v) is 5.02. The van der Waals surface area contributed by atoms with Gasteiger partial charge in [0, 0.05) is 30.5 Å². The van der Waals surface area contributed by atoms with Gasteiger partial charge in [-0.1, -0.05) is 37.0 Å². The molecule has 0 spiro atoms. The molecular weight excluding hydrogens is 376 g/mol. The summed E-state index contributed by atoms with van der Waals surface area (Å²) in [4.78, 5) is 27.8. The minimum atomic E-state index is -1.17. The minimum absolute atomic E-state index is 0.0286. The van der Waals surface area contributed by atoms with E-state index < -0.39 is 18.0 Å². The number of thiocarbonyl (C=S) groups is 1. The fourth-order valence-electron chi connectivity index (χ4n) is 3.49. The molecule has 0 bridgehead atoms. The van der Waals surface area contributed by atoms with Crippen LogP contribution in [0.5, 0.6) is 0 Å². The van der Waals surface area contributed by atoms with Crippen LogP contribution in [0.4, 0.5) is 0 Å². The first-order valence-electron chi connectivity index (χ1n) is 8.43. The lowest BCUT2D eigenvalue weighted by atomic mass is 9.79. The first-order chi connectivity index (χ1) is 12.3. The molecule has 0 unspecified atom stereocenters. The summed E-state index contributed by atoms with van der Waals surface area (Å²) < 4.78 is 0.475. The molecule has 2 aliphatic heterocycles. The Kier molecular flexibility index (Phi) is 6.84. The molecule has 0 radical (unpaired) electrons. The molecule has 2 aliphatic rings. The predicted molar refractivity (Wildman–Crippen MR) is 103 cm³/mol. The van der Waals surface area contributed by atoms with Gasteiger partial charge in [-0.3, -0.25) is 4.79 Å². The average Bonchev–Trinajstić information content (AvgIpc) is 2.80. The quantitative estimate of drug-likeness (QED) is 0.316. The highest BCUT2D eigenvalue weighted by Crippen LogP contribution is 2.50. The molecule has 2 rings (SSSR count). The number of carbonyl (C=O) groups excluding carboxylic acids is 1. The van der Waals surface area contributed by atoms with Crippen LogP contribution in [0.3, 0.4) is 0 Å². The number of rotatable bonds is 8. The Bertz CT molecular complexity index is 649. The van der Waals surface area contributed by atoms with E-state index in [1.54, 1.807) is 13.0 Å². The Morgan fingerprint density at radius 2 is 2.19 bits per heavy atom. The lowest BCUT2D eigenvalue weighted by Gasteiger charge is -2.46. The second-order valence-corrected chi connectivity index (χ2v) is 8.13. The van der Waals surface area contributed by atoms with Crippen LogP contribution in [0.25, 0.3) is 0 Å². The molecule has 0 aromatic rings. The normalized spacial score (nSPS) is 25.6. The average molecular weight is 401 g/mol. The van der Waals surface area contributed by atoms with Crippen LogP contribution in [0.2, 0.25) is 0 Å². The van der Waals surface area contributed by atoms with E-state index >= 15 is 0 Å². The Balaban J connectivity index is 2.26. The zero-order valence-electron chi connectivity index (χ0n) is 14.8. The van der Waals surface area contributed by atoms with E-state index in [9.17, 15) is 19.8 Å². The molecule has 0 aromatic heterocycles. The standard InChI is InChI=1S/C17H24N2O5S2/c1-4-6-18(7-5-8-20)17(25)26-14-9(2)12-11(10(3)21)15(22)19(12)13(14)16(23)24/h4,9-12,20-21H,1,5-8H2,2-3H3,(H,23,24)/t9-,10-,11-,12-/m1/s1. The number of carbonyl (C=O) groups is 2. The van der Waals surface area contributed by atoms with Crippen LogP contribution in [-0.2, 0) is 9.59 Å². The molecule has 144 valence electrons. The lowest BCUT2D eigenvalue weighted by Crippen LogP contribution is -2.63. The second kappa shape index (κ2) is 8.51. The van der Waals surface area contributed by atoms with Crippen molar-refractivity contribution in [1.29, 1.82) is 0 Å². The van der Waals surface area contributed by atoms with Crippen molar-refractivity contribution in [2.24, 2.45) is 11.8 Å². The Labute approximate surface area is 162 Å². The summed E-state index contributed by atoms with van der Waals surface area (Å²) in [6.07, 6.45) is 1.39. The fraction of sp³-hybridized carbons (Fsp3) is 0.588. The maximum Gasteiger partial charge on any atom is 0.353 e. The van der Waals surface area contributed by atoms with Gasteiger partial charge in [-0.25, -0.2) is 4.79 Å². The van der Waals surface area contributed by atoms with E-state index in [0.717, 1.165) is 11.8 Å². The van der Waals surface area contributed by atoms with Gasteiger partial charge in [0.15, 0.2) is 0 Å². The highest BCUT2D eigenvalue weighted by Gasteiger charge is 2.60. The first-order valence-corrected chi connectivity index (χ1v) is 9.65. The topological polar surface area (TPSA) is 101 Å². The number of nitrogens with zero attached hydrogens (tertiary/aromatic N) is 2. The lowest BCUT2D eigenvalue weighted by molar-refractivity contribution is -0.163. The number of hydrogen-bond donors (Lipinski definition) is 3. The Morgan fingerprint density at radius 1 is 1.54 bits per heavy atom. The van der Waals surface area contributed by atoms with E-state index in [4.69, 9.17) is 17.3 Å². The zero-order chi connectivity index (χ0) is 19.6. The largest absolute Gasteiger partial charge is 0.477 e. The van der Waals surface area contributed by atoms with Crippen molar-refractivity contribution in [3.63, 3.8) is 0 Å². The number of carboxylic acid groups (broad SMARTS) is 1. The number of aliphatic carboxylic acids is 1. The van der Waals surface area contributed by atoms with Gasteiger partial charge >= 0.3 is 5.97 Å². The van der Waals surface area contributed by atoms with Gasteiger partial charge in [0.1, 0.15) is 10.0 Å². The van der Waals surface area contributed by atoms with Crippen LogP contribution >= 0.6 is 24.0 Å². The van der Waals surface area contributed by atoms with Gasteiger partial charge in [-0.05, 0) is 13.3 Å². The summed E-state index contributed by atoms with van der Waals surface area (Å²) in [7, 11) is 0. The summed E-state index contributed by atoms with van der Waals surface area (Å²) in [6, 6.07) is -0.357. The smallest absolute Gasteiger partial charge is 0.353 e. The van der Waals surface area contributed by atoms with Crippen LogP contribution in [0.15, 0.2) is 23.3 Å². The second-order valence-electron chi connectivity index (χ2n) is 6.45. The maximum absolute atomic E-state index is 12.3. The molecule has 7 nitrogen and oxygen atoms in total. The molecule has 1 amide bonds. The van der Waals surface area contributed by atoms with Gasteiger partial charge < -0.3 is 25.1 Å². The summed E-state index contributed by atoms with van der Waals surface area (Å²) in [5.74, 6) is -2.36. The third-order valence-corrected chi connectivity index (χ3v) is 6.43. The predicted octanol–water partition coefficient (Wildman–Crippen LogP) is 1.03. The number of β-lactam (4-membered cyclic amide) rings is 1. The summed E-state index contributed by atoms with van der Waals surface area (Å²) in [5, 5.41) is 28.5. The zero-order valence-corrected chi connectivity index (χ0v) is 16.4. The maximum atomic E-state index is 12.3. The van der Waals surface area contributed by atoms with Crippen LogP contribution < -0.4 is 0 Å². The Morgan fingerprint density at radius 3 is 2.69 bits per heavy atom. The van der Waals surface area contributed by atoms with Crippen LogP contribution in [0.1, 0.15) is 20.3 Å². The molecule has 2 heterocycles. The van der Waals surface area contributed by atoms with Gasteiger partial charge in [-0.2, -0.15) is 0 Å². The highest BCUT2D eigenvalue weighted by molar-refractivity contribution is 8.25. The minimum Gasteiger partial charge on any atom is -0.477 e. The van der Waals surface area contributed by atoms with E-state index in [0.29, 0.717) is 28.7 Å². The van der Waals surface area contributed by atoms with Gasteiger partial charge in [0.25, 0.3) is 0 Å². The van der Waals surface area contributed by atoms with Crippen molar-refractivity contribution in [2.75, 3.05) is 19.7 Å². The number of amides is 1. The molecule has 9 heteroatoms. The van der Waals surface area contributed by atoms with Gasteiger partial charge in [0.05, 0.1) is 18.1 Å². The van der Waals surface area contributed by atoms with Crippen molar-refractivity contribution in [1.82, 2.24) is 9.80 Å². The Hall–Kier alpha value is -1.42. The van der Waals surface area contributed by atoms with Crippen molar-refractivity contribution >= 4 is 40.2 Å². The van der Waals surface area contributed by atoms with Crippen molar-refractivity contribution in [3.05, 3.63) is 23.3 Å². The van der Waals surface area contributed by atoms with Gasteiger partial charge in [-0.15, -0.1) is 6.58 Å². The number of carboxylic acids is 1. The summed E-state index contributed by atoms with van der Waals surface area (Å²) in [6.45, 7) is 8.13. The first kappa shape index (κ1) is 20.9. The van der Waals surface area contributed by atoms with Crippen LogP contribution in [0, 0.1) is 11.8 Å². The number of hydrogen-bond acceptors (Lipinski definition) is 6. The van der Waals surface area contributed by atoms with E-state index in [1.165, 1.54) is 4.90 Å². The van der Waals surface area contributed by atoms with Gasteiger partial charge in [0.2, 0.25) is 5.91 Å². The molecule has 4 atom stereocenters. The third-order valence-electron chi connectivity index (χ3n) is 4.70. The number of aliphatic hydroxyl groups excluding tert-OH is 2. The van der Waals surface area contributed by atoms with Crippen molar-refractivity contribution < 1.29 is 24.9 Å². The molecule has 1 fully saturated rings. The summed E-state index contributed by atoms with van der Waals surface area (Å²) >= 11 is 6.64. The van der Waals surface area contributed by atoms with E-state index in [-0.39, 0.29) is 30.2 Å². The number of thioether (sulfide) groups is 1. The SMILES string of the molecule is C=CCN(CCCO)C(=S)SC1=C(C(=O)O)N2C(=O)[C@H]([C@@H](C)O)[C@H]2[C@H]1C. The van der Waals surface area contributed by atoms with E-state index in [1.807, 2.05) is 11.8 Å². The molecule has 0 aliphatic carbocycles. The molecule has 0 saturated carbocycles.